The third-order valence-corrected chi connectivity index (χ3v) is 4.97. The third kappa shape index (κ3) is 3.54. The Bertz CT molecular complexity index is 1250. The zero-order chi connectivity index (χ0) is 19.7. The molecule has 0 atom stereocenters. The van der Waals surface area contributed by atoms with Crippen molar-refractivity contribution in [1.29, 1.82) is 0 Å². The van der Waals surface area contributed by atoms with E-state index < -0.39 is 5.91 Å². The van der Waals surface area contributed by atoms with Gasteiger partial charge in [0.1, 0.15) is 12.4 Å². The number of carbonyl (C=O) groups excluding carboxylic acids is 1. The van der Waals surface area contributed by atoms with Crippen LogP contribution in [0.4, 0.5) is 9.52 Å². The van der Waals surface area contributed by atoms with Crippen LogP contribution in [0, 0.1) is 12.7 Å². The number of anilines is 1. The first-order valence-electron chi connectivity index (χ1n) is 8.49. The van der Waals surface area contributed by atoms with Gasteiger partial charge >= 0.3 is 0 Å². The third-order valence-electron chi connectivity index (χ3n) is 4.22. The summed E-state index contributed by atoms with van der Waals surface area (Å²) in [7, 11) is 0. The molecular formula is C20H15FN4O2S. The van der Waals surface area contributed by atoms with Crippen molar-refractivity contribution in [3.63, 3.8) is 0 Å². The maximum Gasteiger partial charge on any atom is 0.275 e. The number of nitrogens with zero attached hydrogens (tertiary/aromatic N) is 3. The van der Waals surface area contributed by atoms with Crippen molar-refractivity contribution in [2.45, 2.75) is 13.5 Å². The van der Waals surface area contributed by atoms with Gasteiger partial charge in [0.25, 0.3) is 5.56 Å². The van der Waals surface area contributed by atoms with Crippen molar-refractivity contribution in [3.8, 4) is 11.3 Å². The molecule has 1 N–H and O–H groups in total. The second kappa shape index (κ2) is 7.32. The van der Waals surface area contributed by atoms with E-state index in [1.165, 1.54) is 23.5 Å². The van der Waals surface area contributed by atoms with Crippen molar-refractivity contribution in [3.05, 3.63) is 75.8 Å². The lowest BCUT2D eigenvalue weighted by molar-refractivity contribution is -0.117. The molecule has 2 aromatic carbocycles. The Hall–Kier alpha value is -3.39. The van der Waals surface area contributed by atoms with Crippen LogP contribution in [0.2, 0.25) is 0 Å². The molecule has 0 aliphatic carbocycles. The van der Waals surface area contributed by atoms with E-state index in [-0.39, 0.29) is 17.9 Å². The first-order valence-corrected chi connectivity index (χ1v) is 9.37. The minimum absolute atomic E-state index is 0.223. The number of fused-ring (bicyclic) bond motifs is 1. The van der Waals surface area contributed by atoms with E-state index in [1.54, 1.807) is 36.6 Å². The van der Waals surface area contributed by atoms with Crippen LogP contribution in [0.25, 0.3) is 22.0 Å². The number of halogens is 1. The standard InChI is InChI=1S/C20H15FN4O2S/c1-12-15-7-2-3-8-16(15)19(27)25(24-12)10-18(26)23-20-22-17(11-28-20)13-5-4-6-14(21)9-13/h2-9,11H,10H2,1H3,(H,22,23,26). The van der Waals surface area contributed by atoms with Gasteiger partial charge < -0.3 is 5.32 Å². The van der Waals surface area contributed by atoms with Gasteiger partial charge in [0.15, 0.2) is 5.13 Å². The quantitative estimate of drug-likeness (QED) is 0.574. The topological polar surface area (TPSA) is 76.9 Å². The van der Waals surface area contributed by atoms with Crippen LogP contribution in [0.5, 0.6) is 0 Å². The molecule has 4 rings (SSSR count). The van der Waals surface area contributed by atoms with Crippen LogP contribution in [0.1, 0.15) is 5.69 Å². The Labute approximate surface area is 163 Å². The van der Waals surface area contributed by atoms with Crippen LogP contribution < -0.4 is 10.9 Å². The lowest BCUT2D eigenvalue weighted by atomic mass is 10.1. The Morgan fingerprint density at radius 3 is 2.75 bits per heavy atom. The normalized spacial score (nSPS) is 10.9. The van der Waals surface area contributed by atoms with Gasteiger partial charge in [0, 0.05) is 16.3 Å². The molecular weight excluding hydrogens is 379 g/mol. The molecule has 4 aromatic rings. The van der Waals surface area contributed by atoms with Crippen LogP contribution >= 0.6 is 11.3 Å². The van der Waals surface area contributed by atoms with E-state index in [4.69, 9.17) is 0 Å². The van der Waals surface area contributed by atoms with Gasteiger partial charge in [0.2, 0.25) is 5.91 Å². The second-order valence-electron chi connectivity index (χ2n) is 6.19. The molecule has 2 heterocycles. The molecule has 0 unspecified atom stereocenters. The van der Waals surface area contributed by atoms with Gasteiger partial charge in [-0.1, -0.05) is 30.3 Å². The fraction of sp³-hybridized carbons (Fsp3) is 0.100. The van der Waals surface area contributed by atoms with Crippen LogP contribution in [-0.4, -0.2) is 20.7 Å². The maximum atomic E-state index is 13.4. The molecule has 0 bridgehead atoms. The highest BCUT2D eigenvalue weighted by atomic mass is 32.1. The van der Waals surface area contributed by atoms with Gasteiger partial charge in [-0.05, 0) is 25.1 Å². The average molecular weight is 394 g/mol. The summed E-state index contributed by atoms with van der Waals surface area (Å²) in [6.45, 7) is 1.57. The summed E-state index contributed by atoms with van der Waals surface area (Å²) in [5.41, 5.74) is 1.54. The molecule has 0 aliphatic heterocycles. The molecule has 0 fully saturated rings. The monoisotopic (exact) mass is 394 g/mol. The van der Waals surface area contributed by atoms with Gasteiger partial charge in [-0.3, -0.25) is 9.59 Å². The smallest absolute Gasteiger partial charge is 0.275 e. The average Bonchev–Trinajstić information content (AvgIpc) is 3.14. The maximum absolute atomic E-state index is 13.4. The number of amides is 1. The van der Waals surface area contributed by atoms with Gasteiger partial charge in [-0.2, -0.15) is 5.10 Å². The number of thiazole rings is 1. The van der Waals surface area contributed by atoms with E-state index in [9.17, 15) is 14.0 Å². The second-order valence-corrected chi connectivity index (χ2v) is 7.05. The highest BCUT2D eigenvalue weighted by molar-refractivity contribution is 7.14. The predicted octanol–water partition coefficient (Wildman–Crippen LogP) is 3.61. The summed E-state index contributed by atoms with van der Waals surface area (Å²) in [6, 6.07) is 13.2. The number of carbonyl (C=O) groups is 1. The molecule has 0 aliphatic rings. The molecule has 2 aromatic heterocycles. The van der Waals surface area contributed by atoms with Crippen molar-refractivity contribution in [1.82, 2.24) is 14.8 Å². The Balaban J connectivity index is 1.53. The number of benzene rings is 2. The van der Waals surface area contributed by atoms with Gasteiger partial charge in [-0.15, -0.1) is 11.3 Å². The van der Waals surface area contributed by atoms with Crippen LogP contribution in [-0.2, 0) is 11.3 Å². The van der Waals surface area contributed by atoms with Gasteiger partial charge in [-0.25, -0.2) is 14.1 Å². The Morgan fingerprint density at radius 1 is 1.18 bits per heavy atom. The minimum Gasteiger partial charge on any atom is -0.300 e. The SMILES string of the molecule is Cc1nn(CC(=O)Nc2nc(-c3cccc(F)c3)cs2)c(=O)c2ccccc12. The summed E-state index contributed by atoms with van der Waals surface area (Å²) in [4.78, 5) is 29.2. The van der Waals surface area contributed by atoms with E-state index >= 15 is 0 Å². The zero-order valence-electron chi connectivity index (χ0n) is 14.8. The highest BCUT2D eigenvalue weighted by Crippen LogP contribution is 2.25. The minimum atomic E-state index is -0.413. The summed E-state index contributed by atoms with van der Waals surface area (Å²) in [5, 5.41) is 10.3. The fourth-order valence-electron chi connectivity index (χ4n) is 2.92. The molecule has 0 radical (unpaired) electrons. The zero-order valence-corrected chi connectivity index (χ0v) is 15.7. The molecule has 0 spiro atoms. The van der Waals surface area contributed by atoms with E-state index in [0.29, 0.717) is 27.5 Å². The fourth-order valence-corrected chi connectivity index (χ4v) is 3.65. The van der Waals surface area contributed by atoms with E-state index in [0.717, 1.165) is 10.1 Å². The van der Waals surface area contributed by atoms with Gasteiger partial charge in [0.05, 0.1) is 16.8 Å². The number of aromatic nitrogens is 3. The molecule has 0 saturated heterocycles. The summed E-state index contributed by atoms with van der Waals surface area (Å²) >= 11 is 1.23. The number of hydrogen-bond donors (Lipinski definition) is 1. The van der Waals surface area contributed by atoms with Crippen molar-refractivity contribution < 1.29 is 9.18 Å². The summed E-state index contributed by atoms with van der Waals surface area (Å²) in [5.74, 6) is -0.766. The molecule has 6 nitrogen and oxygen atoms in total. The number of hydrogen-bond acceptors (Lipinski definition) is 5. The molecule has 140 valence electrons. The summed E-state index contributed by atoms with van der Waals surface area (Å²) in [6.07, 6.45) is 0. The molecule has 28 heavy (non-hydrogen) atoms. The first kappa shape index (κ1) is 18.0. The van der Waals surface area contributed by atoms with E-state index in [1.807, 2.05) is 12.1 Å². The lowest BCUT2D eigenvalue weighted by Gasteiger charge is -2.08. The lowest BCUT2D eigenvalue weighted by Crippen LogP contribution is -2.30. The predicted molar refractivity (Wildman–Crippen MR) is 107 cm³/mol. The Morgan fingerprint density at radius 2 is 1.96 bits per heavy atom. The van der Waals surface area contributed by atoms with Crippen LogP contribution in [0.3, 0.4) is 0 Å². The Kier molecular flexibility index (Phi) is 4.70. The highest BCUT2D eigenvalue weighted by Gasteiger charge is 2.13. The number of nitrogens with one attached hydrogen (secondary N) is 1. The first-order chi connectivity index (χ1) is 13.5. The van der Waals surface area contributed by atoms with Crippen molar-refractivity contribution in [2.75, 3.05) is 5.32 Å². The number of rotatable bonds is 4. The molecule has 0 saturated carbocycles. The molecule has 8 heteroatoms. The van der Waals surface area contributed by atoms with Crippen molar-refractivity contribution in [2.24, 2.45) is 0 Å². The number of aryl methyl sites for hydroxylation is 1. The largest absolute Gasteiger partial charge is 0.300 e. The van der Waals surface area contributed by atoms with E-state index in [2.05, 4.69) is 15.4 Å². The van der Waals surface area contributed by atoms with Crippen LogP contribution in [0.15, 0.2) is 58.7 Å². The summed E-state index contributed by atoms with van der Waals surface area (Å²) < 4.78 is 14.5. The molecule has 1 amide bonds. The van der Waals surface area contributed by atoms with Crippen molar-refractivity contribution >= 4 is 33.1 Å².